The molecule has 8 rings (SSSR count). The van der Waals surface area contributed by atoms with Gasteiger partial charge in [0.1, 0.15) is 0 Å². The van der Waals surface area contributed by atoms with Gasteiger partial charge in [-0.05, 0) is 100 Å². The van der Waals surface area contributed by atoms with Gasteiger partial charge in [-0.1, -0.05) is 97.1 Å². The molecule has 0 saturated heterocycles. The van der Waals surface area contributed by atoms with E-state index in [1.807, 2.05) is 6.20 Å². The summed E-state index contributed by atoms with van der Waals surface area (Å²) >= 11 is 0. The van der Waals surface area contributed by atoms with Gasteiger partial charge in [-0.2, -0.15) is 10.0 Å². The third-order valence-electron chi connectivity index (χ3n) is 8.95. The van der Waals surface area contributed by atoms with Crippen LogP contribution in [-0.4, -0.2) is 15.5 Å². The van der Waals surface area contributed by atoms with Gasteiger partial charge < -0.3 is 4.57 Å². The highest BCUT2D eigenvalue weighted by Crippen LogP contribution is 2.73. The number of hydrogen-bond acceptors (Lipinski definition) is 1. The van der Waals surface area contributed by atoms with Crippen molar-refractivity contribution in [1.82, 2.24) is 4.57 Å². The van der Waals surface area contributed by atoms with Crippen LogP contribution >= 0.6 is 10.0 Å². The molecule has 0 bridgehead atoms. The van der Waals surface area contributed by atoms with Gasteiger partial charge >= 0.3 is 0 Å². The maximum atomic E-state index is 5.17. The minimum Gasteiger partial charge on any atom is -0.309 e. The first-order valence-corrected chi connectivity index (χ1v) is 17.2. The third-order valence-corrected chi connectivity index (χ3v) is 13.3. The Morgan fingerprint density at radius 1 is 0.591 bits per heavy atom. The van der Waals surface area contributed by atoms with E-state index in [-0.39, 0.29) is 5.25 Å². The van der Waals surface area contributed by atoms with Crippen molar-refractivity contribution >= 4 is 37.5 Å². The van der Waals surface area contributed by atoms with E-state index in [0.717, 1.165) is 19.3 Å². The molecule has 6 aromatic rings. The lowest BCUT2D eigenvalue weighted by Gasteiger charge is -2.49. The molecular formula is C41H34N2S. The van der Waals surface area contributed by atoms with Crippen molar-refractivity contribution in [3.63, 3.8) is 0 Å². The zero-order chi connectivity index (χ0) is 29.3. The summed E-state index contributed by atoms with van der Waals surface area (Å²) in [6, 6.07) is 49.3. The fraction of sp³-hybridized carbons (Fsp3) is 0.0976. The van der Waals surface area contributed by atoms with Crippen LogP contribution in [0.25, 0.3) is 27.5 Å². The molecule has 0 fully saturated rings. The normalized spacial score (nSPS) is 17.0. The van der Waals surface area contributed by atoms with Crippen molar-refractivity contribution in [3.8, 4) is 5.69 Å². The van der Waals surface area contributed by atoms with Crippen LogP contribution in [0.5, 0.6) is 0 Å². The van der Waals surface area contributed by atoms with Gasteiger partial charge in [0.25, 0.3) is 0 Å². The largest absolute Gasteiger partial charge is 0.309 e. The second kappa shape index (κ2) is 11.3. The minimum absolute atomic E-state index is 0.186. The zero-order valence-electron chi connectivity index (χ0n) is 24.6. The molecule has 2 aliphatic rings. The van der Waals surface area contributed by atoms with Crippen LogP contribution in [-0.2, 0) is 0 Å². The summed E-state index contributed by atoms with van der Waals surface area (Å²) in [6.45, 7) is 0. The Morgan fingerprint density at radius 2 is 1.25 bits per heavy atom. The quantitative estimate of drug-likeness (QED) is 0.185. The summed E-state index contributed by atoms with van der Waals surface area (Å²) < 4.78 is 2.41. The lowest BCUT2D eigenvalue weighted by Crippen LogP contribution is -2.31. The number of aromatic nitrogens is 1. The van der Waals surface area contributed by atoms with Gasteiger partial charge in [-0.25, -0.2) is 0 Å². The Morgan fingerprint density at radius 3 is 1.95 bits per heavy atom. The number of fused-ring (bicyclic) bond motifs is 3. The predicted octanol–water partition coefficient (Wildman–Crippen LogP) is 11.1. The second-order valence-electron chi connectivity index (χ2n) is 11.4. The summed E-state index contributed by atoms with van der Waals surface area (Å²) in [5.41, 5.74) is 6.12. The van der Waals surface area contributed by atoms with Gasteiger partial charge in [0, 0.05) is 27.9 Å². The van der Waals surface area contributed by atoms with Crippen LogP contribution in [0.2, 0.25) is 0 Å². The summed E-state index contributed by atoms with van der Waals surface area (Å²) in [5, 5.41) is 2.75. The van der Waals surface area contributed by atoms with Gasteiger partial charge in [-0.3, -0.25) is 4.99 Å². The molecule has 5 aromatic carbocycles. The highest BCUT2D eigenvalue weighted by molar-refractivity contribution is 8.34. The molecular weight excluding hydrogens is 553 g/mol. The first-order valence-electron chi connectivity index (χ1n) is 15.5. The van der Waals surface area contributed by atoms with E-state index in [1.165, 1.54) is 53.5 Å². The van der Waals surface area contributed by atoms with Gasteiger partial charge in [0.2, 0.25) is 0 Å². The summed E-state index contributed by atoms with van der Waals surface area (Å²) in [4.78, 5) is 9.27. The zero-order valence-corrected chi connectivity index (χ0v) is 25.4. The average Bonchev–Trinajstić information content (AvgIpc) is 3.44. The number of aliphatic imine (C=N–C) groups is 1. The van der Waals surface area contributed by atoms with Crippen LogP contribution in [0.15, 0.2) is 189 Å². The number of allylic oxidation sites excluding steroid dienone is 5. The standard InChI is InChI=1S/C41H34N2S/c1-5-16-31(17-6-1)41-40(26-15-29-42-41)44(33-20-9-3-10-21-33,34-22-11-4-12-23-34)35-27-28-39-37(30-35)36-24-13-14-25-38(36)43(39)32-18-7-2-8-19-32/h2-5,7-25,27-30,40H,1,6,26H2. The van der Waals surface area contributed by atoms with Crippen LogP contribution in [0, 0.1) is 0 Å². The monoisotopic (exact) mass is 586 g/mol. The molecule has 2 heterocycles. The smallest absolute Gasteiger partial charge is 0.0600 e. The topological polar surface area (TPSA) is 17.3 Å². The van der Waals surface area contributed by atoms with Gasteiger partial charge in [-0.15, -0.1) is 0 Å². The Labute approximate surface area is 260 Å². The molecule has 3 heteroatoms. The van der Waals surface area contributed by atoms with E-state index in [9.17, 15) is 0 Å². The maximum Gasteiger partial charge on any atom is 0.0600 e. The molecule has 0 amide bonds. The SMILES string of the molecule is C1=CC(C2=NC=CCC2S(c2ccccc2)(c2ccccc2)c2ccc3c(c2)c2ccccc2n3-c2ccccc2)=CCC1. The van der Waals surface area contributed by atoms with E-state index in [4.69, 9.17) is 4.99 Å². The highest BCUT2D eigenvalue weighted by Gasteiger charge is 2.42. The van der Waals surface area contributed by atoms with Gasteiger partial charge in [0.05, 0.1) is 16.7 Å². The maximum absolute atomic E-state index is 5.17. The van der Waals surface area contributed by atoms with E-state index in [2.05, 4.69) is 162 Å². The van der Waals surface area contributed by atoms with Crippen molar-refractivity contribution in [2.45, 2.75) is 39.2 Å². The molecule has 1 unspecified atom stereocenters. The molecule has 1 aromatic heterocycles. The number of para-hydroxylation sites is 2. The van der Waals surface area contributed by atoms with Crippen LogP contribution in [0.3, 0.4) is 0 Å². The van der Waals surface area contributed by atoms with Crippen molar-refractivity contribution in [3.05, 3.63) is 170 Å². The van der Waals surface area contributed by atoms with Crippen molar-refractivity contribution < 1.29 is 0 Å². The average molecular weight is 587 g/mol. The number of nitrogens with zero attached hydrogens (tertiary/aromatic N) is 2. The summed E-state index contributed by atoms with van der Waals surface area (Å²) in [6.07, 6.45) is 14.4. The van der Waals surface area contributed by atoms with Crippen molar-refractivity contribution in [2.24, 2.45) is 4.99 Å². The van der Waals surface area contributed by atoms with E-state index in [0.29, 0.717) is 0 Å². The highest BCUT2D eigenvalue weighted by atomic mass is 32.3. The molecule has 2 nitrogen and oxygen atoms in total. The van der Waals surface area contributed by atoms with Gasteiger partial charge in [0.15, 0.2) is 0 Å². The molecule has 214 valence electrons. The predicted molar refractivity (Wildman–Crippen MR) is 187 cm³/mol. The van der Waals surface area contributed by atoms with E-state index >= 15 is 0 Å². The first kappa shape index (κ1) is 26.7. The molecule has 44 heavy (non-hydrogen) atoms. The summed E-state index contributed by atoms with van der Waals surface area (Å²) in [5.74, 6) is 0. The van der Waals surface area contributed by atoms with E-state index < -0.39 is 10.0 Å². The van der Waals surface area contributed by atoms with Crippen LogP contribution in [0.1, 0.15) is 19.3 Å². The lowest BCUT2D eigenvalue weighted by molar-refractivity contribution is 1.01. The van der Waals surface area contributed by atoms with E-state index in [1.54, 1.807) is 0 Å². The first-order chi connectivity index (χ1) is 21.9. The minimum atomic E-state index is -1.81. The molecule has 1 aliphatic carbocycles. The number of rotatable bonds is 6. The molecule has 1 aliphatic heterocycles. The van der Waals surface area contributed by atoms with Crippen molar-refractivity contribution in [2.75, 3.05) is 0 Å². The van der Waals surface area contributed by atoms with Crippen LogP contribution < -0.4 is 0 Å². The third kappa shape index (κ3) is 4.31. The second-order valence-corrected chi connectivity index (χ2v) is 14.7. The number of hydrogen-bond donors (Lipinski definition) is 0. The fourth-order valence-corrected chi connectivity index (χ4v) is 11.6. The Bertz CT molecular complexity index is 2040. The molecule has 1 atom stereocenters. The Balaban J connectivity index is 1.46. The van der Waals surface area contributed by atoms with Crippen molar-refractivity contribution in [1.29, 1.82) is 0 Å². The molecule has 0 saturated carbocycles. The summed E-state index contributed by atoms with van der Waals surface area (Å²) in [7, 11) is -1.81. The Kier molecular flexibility index (Phi) is 6.89. The molecule has 0 radical (unpaired) electrons. The fourth-order valence-electron chi connectivity index (χ4n) is 7.07. The number of benzene rings is 5. The Hall–Kier alpha value is -4.86. The molecule has 0 N–H and O–H groups in total. The lowest BCUT2D eigenvalue weighted by atomic mass is 9.98. The van der Waals surface area contributed by atoms with Crippen LogP contribution in [0.4, 0.5) is 0 Å². The molecule has 0 spiro atoms.